The molecule has 0 saturated carbocycles. The van der Waals surface area contributed by atoms with Gasteiger partial charge in [0, 0.05) is 30.4 Å². The van der Waals surface area contributed by atoms with Crippen molar-refractivity contribution >= 4 is 33.3 Å². The number of nitrogens with zero attached hydrogens (tertiary/aromatic N) is 4. The molecule has 2 saturated heterocycles. The predicted octanol–water partition coefficient (Wildman–Crippen LogP) is 3.16. The summed E-state index contributed by atoms with van der Waals surface area (Å²) in [5.74, 6) is 1.44. The molecule has 0 aliphatic carbocycles. The van der Waals surface area contributed by atoms with Gasteiger partial charge in [-0.15, -0.1) is 11.3 Å². The number of carbonyl (C=O) groups is 1. The third-order valence-corrected chi connectivity index (χ3v) is 7.10. The van der Waals surface area contributed by atoms with Crippen molar-refractivity contribution in [3.05, 3.63) is 16.8 Å². The van der Waals surface area contributed by atoms with Crippen molar-refractivity contribution in [2.24, 2.45) is 5.92 Å². The van der Waals surface area contributed by atoms with E-state index in [0.29, 0.717) is 19.1 Å². The molecule has 0 spiro atoms. The minimum atomic E-state index is 0.108. The first kappa shape index (κ1) is 18.6. The summed E-state index contributed by atoms with van der Waals surface area (Å²) in [6.07, 6.45) is 3.56. The van der Waals surface area contributed by atoms with Gasteiger partial charge in [0.05, 0.1) is 24.1 Å². The van der Waals surface area contributed by atoms with Gasteiger partial charge in [0.15, 0.2) is 0 Å². The van der Waals surface area contributed by atoms with Gasteiger partial charge < -0.3 is 14.5 Å². The number of carbonyl (C=O) groups excluding carboxylic acids is 1. The fraction of sp³-hybridized carbons (Fsp3) is 0.650. The summed E-state index contributed by atoms with van der Waals surface area (Å²) in [5.41, 5.74) is 1.28. The molecule has 4 rings (SSSR count). The molecule has 2 fully saturated rings. The predicted molar refractivity (Wildman–Crippen MR) is 108 cm³/mol. The average molecular weight is 389 g/mol. The van der Waals surface area contributed by atoms with Crippen molar-refractivity contribution in [1.29, 1.82) is 0 Å². The van der Waals surface area contributed by atoms with Gasteiger partial charge in [-0.05, 0) is 46.1 Å². The van der Waals surface area contributed by atoms with E-state index in [1.807, 2.05) is 11.8 Å². The van der Waals surface area contributed by atoms with Crippen LogP contribution in [0.5, 0.6) is 0 Å². The molecule has 1 amide bonds. The largest absolute Gasteiger partial charge is 0.375 e. The van der Waals surface area contributed by atoms with E-state index in [9.17, 15) is 4.79 Å². The van der Waals surface area contributed by atoms with E-state index in [1.54, 1.807) is 17.7 Å². The first-order valence-corrected chi connectivity index (χ1v) is 10.6. The highest BCUT2D eigenvalue weighted by Crippen LogP contribution is 2.36. The van der Waals surface area contributed by atoms with Crippen molar-refractivity contribution < 1.29 is 9.53 Å². The van der Waals surface area contributed by atoms with Gasteiger partial charge >= 0.3 is 0 Å². The van der Waals surface area contributed by atoms with Crippen LogP contribution in [0.25, 0.3) is 10.2 Å². The number of aromatic nitrogens is 2. The molecule has 0 N–H and O–H groups in total. The molecule has 2 aromatic rings. The second-order valence-electron chi connectivity index (χ2n) is 7.91. The highest BCUT2D eigenvalue weighted by Gasteiger charge is 2.34. The van der Waals surface area contributed by atoms with E-state index < -0.39 is 0 Å². The molecule has 0 radical (unpaired) electrons. The molecule has 0 aromatic carbocycles. The first-order valence-electron chi connectivity index (χ1n) is 9.83. The third-order valence-electron chi connectivity index (χ3n) is 5.98. The summed E-state index contributed by atoms with van der Waals surface area (Å²) in [5, 5.41) is 1.18. The molecule has 0 bridgehead atoms. The Balaban J connectivity index is 1.47. The Morgan fingerprint density at radius 3 is 2.70 bits per heavy atom. The van der Waals surface area contributed by atoms with Crippen LogP contribution in [0.2, 0.25) is 0 Å². The average Bonchev–Trinajstić information content (AvgIpc) is 2.97. The molecular formula is C20H28N4O2S. The van der Waals surface area contributed by atoms with Crippen molar-refractivity contribution in [3.63, 3.8) is 0 Å². The zero-order chi connectivity index (χ0) is 19.1. The van der Waals surface area contributed by atoms with Crippen LogP contribution >= 0.6 is 11.3 Å². The summed E-state index contributed by atoms with van der Waals surface area (Å²) in [7, 11) is 0. The number of anilines is 1. The van der Waals surface area contributed by atoms with E-state index >= 15 is 0 Å². The Hall–Kier alpha value is -1.73. The van der Waals surface area contributed by atoms with Crippen LogP contribution in [0.1, 0.15) is 37.1 Å². The number of thiophene rings is 1. The van der Waals surface area contributed by atoms with E-state index in [-0.39, 0.29) is 18.1 Å². The van der Waals surface area contributed by atoms with Crippen LogP contribution in [-0.2, 0) is 9.53 Å². The lowest BCUT2D eigenvalue weighted by molar-refractivity contribution is -0.148. The summed E-state index contributed by atoms with van der Waals surface area (Å²) in [4.78, 5) is 28.8. The Kier molecular flexibility index (Phi) is 5.07. The lowest BCUT2D eigenvalue weighted by Gasteiger charge is -2.40. The minimum Gasteiger partial charge on any atom is -0.375 e. The van der Waals surface area contributed by atoms with Crippen molar-refractivity contribution in [2.75, 3.05) is 31.1 Å². The van der Waals surface area contributed by atoms with Crippen LogP contribution in [0.4, 0.5) is 5.82 Å². The number of aryl methyl sites for hydroxylation is 2. The molecule has 27 heavy (non-hydrogen) atoms. The fourth-order valence-electron chi connectivity index (χ4n) is 4.19. The van der Waals surface area contributed by atoms with Crippen LogP contribution in [0, 0.1) is 19.8 Å². The Morgan fingerprint density at radius 1 is 1.22 bits per heavy atom. The Bertz CT molecular complexity index is 844. The maximum atomic E-state index is 13.1. The van der Waals surface area contributed by atoms with E-state index in [4.69, 9.17) is 4.74 Å². The summed E-state index contributed by atoms with van der Waals surface area (Å²) in [6, 6.07) is 0.171. The number of hydrogen-bond donors (Lipinski definition) is 0. The fourth-order valence-corrected chi connectivity index (χ4v) is 5.18. The van der Waals surface area contributed by atoms with Crippen LogP contribution in [-0.4, -0.2) is 59.2 Å². The summed E-state index contributed by atoms with van der Waals surface area (Å²) >= 11 is 1.73. The van der Waals surface area contributed by atoms with Crippen LogP contribution < -0.4 is 4.90 Å². The number of morpholine rings is 1. The molecule has 146 valence electrons. The number of fused-ring (bicyclic) bond motifs is 1. The maximum Gasteiger partial charge on any atom is 0.226 e. The lowest BCUT2D eigenvalue weighted by atomic mass is 9.94. The van der Waals surface area contributed by atoms with Gasteiger partial charge in [0.2, 0.25) is 5.91 Å². The number of piperidine rings is 1. The Morgan fingerprint density at radius 2 is 1.96 bits per heavy atom. The second kappa shape index (κ2) is 7.36. The van der Waals surface area contributed by atoms with Crippen molar-refractivity contribution in [3.8, 4) is 0 Å². The van der Waals surface area contributed by atoms with Gasteiger partial charge in [-0.3, -0.25) is 4.79 Å². The third kappa shape index (κ3) is 3.43. The zero-order valence-corrected chi connectivity index (χ0v) is 17.4. The van der Waals surface area contributed by atoms with Gasteiger partial charge in [-0.1, -0.05) is 0 Å². The molecule has 7 heteroatoms. The molecular weight excluding hydrogens is 360 g/mol. The van der Waals surface area contributed by atoms with Gasteiger partial charge in [-0.2, -0.15) is 0 Å². The topological polar surface area (TPSA) is 58.6 Å². The quantitative estimate of drug-likeness (QED) is 0.791. The SMILES string of the molecule is Cc1sc2ncnc(N3CCC(C(=O)N4CC(C)OCC4C)CC3)c2c1C. The monoisotopic (exact) mass is 388 g/mol. The highest BCUT2D eigenvalue weighted by atomic mass is 32.1. The van der Waals surface area contributed by atoms with Crippen LogP contribution in [0.3, 0.4) is 0 Å². The molecule has 2 aromatic heterocycles. The van der Waals surface area contributed by atoms with Gasteiger partial charge in [-0.25, -0.2) is 9.97 Å². The standard InChI is InChI=1S/C20H28N4O2S/c1-12-10-26-13(2)9-24(12)20(25)16-5-7-23(8-6-16)18-17-14(3)15(4)27-19(17)22-11-21-18/h11-13,16H,5-10H2,1-4H3. The second-order valence-corrected chi connectivity index (χ2v) is 9.11. The molecule has 2 atom stereocenters. The van der Waals surface area contributed by atoms with Gasteiger partial charge in [0.25, 0.3) is 0 Å². The number of rotatable bonds is 2. The van der Waals surface area contributed by atoms with Crippen molar-refractivity contribution in [1.82, 2.24) is 14.9 Å². The normalized spacial score (nSPS) is 24.6. The van der Waals surface area contributed by atoms with E-state index in [1.165, 1.54) is 15.8 Å². The maximum absolute atomic E-state index is 13.1. The number of ether oxygens (including phenoxy) is 1. The molecule has 4 heterocycles. The molecule has 2 unspecified atom stereocenters. The molecule has 2 aliphatic rings. The highest BCUT2D eigenvalue weighted by molar-refractivity contribution is 7.18. The molecule has 6 nitrogen and oxygen atoms in total. The first-order chi connectivity index (χ1) is 13.0. The van der Waals surface area contributed by atoms with Crippen LogP contribution in [0.15, 0.2) is 6.33 Å². The van der Waals surface area contributed by atoms with Gasteiger partial charge in [0.1, 0.15) is 17.0 Å². The number of amides is 1. The minimum absolute atomic E-state index is 0.108. The smallest absolute Gasteiger partial charge is 0.226 e. The number of hydrogen-bond acceptors (Lipinski definition) is 6. The van der Waals surface area contributed by atoms with E-state index in [2.05, 4.69) is 35.6 Å². The lowest BCUT2D eigenvalue weighted by Crippen LogP contribution is -2.53. The van der Waals surface area contributed by atoms with E-state index in [0.717, 1.165) is 36.6 Å². The summed E-state index contributed by atoms with van der Waals surface area (Å²) in [6.45, 7) is 11.5. The molecule has 2 aliphatic heterocycles. The zero-order valence-electron chi connectivity index (χ0n) is 16.6. The summed E-state index contributed by atoms with van der Waals surface area (Å²) < 4.78 is 5.67. The van der Waals surface area contributed by atoms with Crippen molar-refractivity contribution in [2.45, 2.75) is 52.7 Å². The Labute approximate surface area is 164 Å².